The van der Waals surface area contributed by atoms with Crippen molar-refractivity contribution in [3.8, 4) is 5.75 Å². The Morgan fingerprint density at radius 2 is 1.85 bits per heavy atom. The molecule has 0 atom stereocenters. The van der Waals surface area contributed by atoms with E-state index < -0.39 is 0 Å². The van der Waals surface area contributed by atoms with E-state index in [9.17, 15) is 4.79 Å². The molecular formula is C22H24N2O3. The van der Waals surface area contributed by atoms with Crippen LogP contribution in [0.15, 0.2) is 57.7 Å². The molecule has 0 bridgehead atoms. The highest BCUT2D eigenvalue weighted by Crippen LogP contribution is 2.30. The smallest absolute Gasteiger partial charge is 0.360 e. The van der Waals surface area contributed by atoms with Crippen molar-refractivity contribution in [1.29, 1.82) is 0 Å². The van der Waals surface area contributed by atoms with Gasteiger partial charge < -0.3 is 19.4 Å². The molecule has 1 aliphatic heterocycles. The van der Waals surface area contributed by atoms with Gasteiger partial charge in [-0.25, -0.2) is 4.79 Å². The summed E-state index contributed by atoms with van der Waals surface area (Å²) in [5, 5.41) is 4.00. The van der Waals surface area contributed by atoms with Gasteiger partial charge in [-0.05, 0) is 57.1 Å². The molecule has 0 aliphatic carbocycles. The van der Waals surface area contributed by atoms with E-state index in [-0.39, 0.29) is 11.7 Å². The average Bonchev–Trinajstić information content (AvgIpc) is 2.68. The van der Waals surface area contributed by atoms with Crippen LogP contribution < -0.4 is 15.7 Å². The van der Waals surface area contributed by atoms with Crippen molar-refractivity contribution >= 4 is 22.3 Å². The summed E-state index contributed by atoms with van der Waals surface area (Å²) in [6.45, 7) is 4.03. The lowest BCUT2D eigenvalue weighted by Gasteiger charge is -2.29. The fourth-order valence-corrected chi connectivity index (χ4v) is 3.48. The third kappa shape index (κ3) is 3.83. The average molecular weight is 364 g/mol. The van der Waals surface area contributed by atoms with E-state index in [1.165, 1.54) is 0 Å². The first-order chi connectivity index (χ1) is 13.1. The number of likely N-dealkylation sites (tertiary alicyclic amines) is 1. The topological polar surface area (TPSA) is 54.7 Å². The second-order valence-electron chi connectivity index (χ2n) is 7.17. The monoisotopic (exact) mass is 364 g/mol. The molecule has 0 radical (unpaired) electrons. The van der Waals surface area contributed by atoms with Gasteiger partial charge >= 0.3 is 5.63 Å². The maximum atomic E-state index is 12.5. The van der Waals surface area contributed by atoms with E-state index in [2.05, 4.69) is 17.3 Å². The zero-order valence-corrected chi connectivity index (χ0v) is 15.7. The quantitative estimate of drug-likeness (QED) is 0.699. The number of hydrogen-bond donors (Lipinski definition) is 1. The summed E-state index contributed by atoms with van der Waals surface area (Å²) in [6.07, 6.45) is 2.23. The van der Waals surface area contributed by atoms with Crippen LogP contribution in [-0.2, 0) is 0 Å². The molecule has 2 heterocycles. The molecule has 0 unspecified atom stereocenters. The van der Waals surface area contributed by atoms with Gasteiger partial charge in [-0.3, -0.25) is 0 Å². The SMILES string of the molecule is Cc1c(OC2CCN(C)CC2)ccc2cc(Nc3ccccc3)c(=O)oc12. The molecule has 3 aromatic rings. The minimum Gasteiger partial charge on any atom is -0.490 e. The highest BCUT2D eigenvalue weighted by molar-refractivity contribution is 5.85. The predicted octanol–water partition coefficient (Wildman–Crippen LogP) is 4.32. The third-order valence-corrected chi connectivity index (χ3v) is 5.11. The molecule has 0 saturated carbocycles. The van der Waals surface area contributed by atoms with E-state index in [1.807, 2.05) is 55.5 Å². The molecule has 1 aromatic heterocycles. The minimum absolute atomic E-state index is 0.211. The zero-order valence-electron chi connectivity index (χ0n) is 15.7. The molecule has 5 nitrogen and oxygen atoms in total. The normalized spacial score (nSPS) is 15.8. The zero-order chi connectivity index (χ0) is 18.8. The summed E-state index contributed by atoms with van der Waals surface area (Å²) in [6, 6.07) is 15.3. The van der Waals surface area contributed by atoms with Crippen molar-refractivity contribution in [2.75, 3.05) is 25.5 Å². The highest BCUT2D eigenvalue weighted by Gasteiger charge is 2.20. The van der Waals surface area contributed by atoms with Crippen LogP contribution in [0.25, 0.3) is 11.0 Å². The number of ether oxygens (including phenoxy) is 1. The van der Waals surface area contributed by atoms with Crippen LogP contribution in [-0.4, -0.2) is 31.1 Å². The van der Waals surface area contributed by atoms with Gasteiger partial charge in [0, 0.05) is 29.7 Å². The van der Waals surface area contributed by atoms with E-state index in [0.717, 1.165) is 48.3 Å². The molecule has 1 fully saturated rings. The van der Waals surface area contributed by atoms with Gasteiger partial charge in [-0.2, -0.15) is 0 Å². The summed E-state index contributed by atoms with van der Waals surface area (Å²) in [7, 11) is 2.13. The van der Waals surface area contributed by atoms with Crippen LogP contribution in [0.4, 0.5) is 11.4 Å². The number of anilines is 2. The first-order valence-corrected chi connectivity index (χ1v) is 9.35. The number of para-hydroxylation sites is 1. The maximum absolute atomic E-state index is 12.5. The van der Waals surface area contributed by atoms with Crippen molar-refractivity contribution < 1.29 is 9.15 Å². The molecule has 27 heavy (non-hydrogen) atoms. The molecule has 1 saturated heterocycles. The fraction of sp³-hybridized carbons (Fsp3) is 0.318. The van der Waals surface area contributed by atoms with Crippen molar-refractivity contribution in [2.45, 2.75) is 25.9 Å². The number of benzene rings is 2. The molecule has 2 aromatic carbocycles. The summed E-state index contributed by atoms with van der Waals surface area (Å²) in [5.41, 5.74) is 2.35. The summed E-state index contributed by atoms with van der Waals surface area (Å²) in [4.78, 5) is 14.8. The molecule has 0 spiro atoms. The number of aryl methyl sites for hydroxylation is 1. The molecule has 140 valence electrons. The standard InChI is InChI=1S/C22H24N2O3/c1-15-20(26-18-10-12-24(2)13-11-18)9-8-16-14-19(22(25)27-21(15)16)23-17-6-4-3-5-7-17/h3-9,14,18,23H,10-13H2,1-2H3. The van der Waals surface area contributed by atoms with Gasteiger partial charge in [0.2, 0.25) is 0 Å². The van der Waals surface area contributed by atoms with Crippen LogP contribution in [0.3, 0.4) is 0 Å². The maximum Gasteiger partial charge on any atom is 0.360 e. The predicted molar refractivity (Wildman–Crippen MR) is 108 cm³/mol. The Bertz CT molecular complexity index is 990. The van der Waals surface area contributed by atoms with Crippen molar-refractivity contribution in [3.63, 3.8) is 0 Å². The third-order valence-electron chi connectivity index (χ3n) is 5.11. The Balaban J connectivity index is 1.61. The Hall–Kier alpha value is -2.79. The molecular weight excluding hydrogens is 340 g/mol. The fourth-order valence-electron chi connectivity index (χ4n) is 3.48. The molecule has 5 heteroatoms. The summed E-state index contributed by atoms with van der Waals surface area (Å²) >= 11 is 0. The van der Waals surface area contributed by atoms with Gasteiger partial charge in [-0.1, -0.05) is 18.2 Å². The molecule has 1 N–H and O–H groups in total. The largest absolute Gasteiger partial charge is 0.490 e. The van der Waals surface area contributed by atoms with Crippen LogP contribution in [0.1, 0.15) is 18.4 Å². The lowest BCUT2D eigenvalue weighted by Crippen LogP contribution is -2.35. The van der Waals surface area contributed by atoms with E-state index in [1.54, 1.807) is 0 Å². The molecule has 1 aliphatic rings. The number of hydrogen-bond acceptors (Lipinski definition) is 5. The van der Waals surface area contributed by atoms with Crippen molar-refractivity contribution in [3.05, 3.63) is 64.5 Å². The Morgan fingerprint density at radius 3 is 2.59 bits per heavy atom. The first kappa shape index (κ1) is 17.6. The summed E-state index contributed by atoms with van der Waals surface area (Å²) in [5.74, 6) is 0.795. The summed E-state index contributed by atoms with van der Waals surface area (Å²) < 4.78 is 11.8. The number of nitrogens with zero attached hydrogens (tertiary/aromatic N) is 1. The van der Waals surface area contributed by atoms with E-state index >= 15 is 0 Å². The van der Waals surface area contributed by atoms with Crippen LogP contribution in [0.5, 0.6) is 5.75 Å². The van der Waals surface area contributed by atoms with Gasteiger partial charge in [0.15, 0.2) is 0 Å². The number of nitrogens with one attached hydrogen (secondary N) is 1. The number of fused-ring (bicyclic) bond motifs is 1. The Labute approximate surface area is 158 Å². The van der Waals surface area contributed by atoms with Gasteiger partial charge in [0.25, 0.3) is 0 Å². The lowest BCUT2D eigenvalue weighted by molar-refractivity contribution is 0.113. The van der Waals surface area contributed by atoms with Crippen LogP contribution >= 0.6 is 0 Å². The first-order valence-electron chi connectivity index (χ1n) is 9.35. The lowest BCUT2D eigenvalue weighted by atomic mass is 10.1. The number of rotatable bonds is 4. The number of piperidine rings is 1. The van der Waals surface area contributed by atoms with Crippen molar-refractivity contribution in [2.24, 2.45) is 0 Å². The minimum atomic E-state index is -0.383. The van der Waals surface area contributed by atoms with E-state index in [0.29, 0.717) is 11.3 Å². The molecule has 0 amide bonds. The highest BCUT2D eigenvalue weighted by atomic mass is 16.5. The van der Waals surface area contributed by atoms with Crippen LogP contribution in [0.2, 0.25) is 0 Å². The van der Waals surface area contributed by atoms with Crippen molar-refractivity contribution in [1.82, 2.24) is 4.90 Å². The second kappa shape index (κ2) is 7.45. The molecule has 4 rings (SSSR count). The Morgan fingerprint density at radius 1 is 1.11 bits per heavy atom. The Kier molecular flexibility index (Phi) is 4.86. The van der Waals surface area contributed by atoms with Gasteiger partial charge in [0.05, 0.1) is 0 Å². The van der Waals surface area contributed by atoms with E-state index in [4.69, 9.17) is 9.15 Å². The van der Waals surface area contributed by atoms with Gasteiger partial charge in [0.1, 0.15) is 23.1 Å². The second-order valence-corrected chi connectivity index (χ2v) is 7.17. The van der Waals surface area contributed by atoms with Crippen LogP contribution in [0, 0.1) is 6.92 Å². The van der Waals surface area contributed by atoms with Gasteiger partial charge in [-0.15, -0.1) is 0 Å².